The molecule has 80 valence electrons. The third kappa shape index (κ3) is 1.72. The molecule has 0 saturated heterocycles. The Labute approximate surface area is 91.5 Å². The van der Waals surface area contributed by atoms with Crippen molar-refractivity contribution in [3.63, 3.8) is 0 Å². The number of carbonyl (C=O) groups excluding carboxylic acids is 2. The van der Waals surface area contributed by atoms with Gasteiger partial charge in [-0.25, -0.2) is 0 Å². The second-order valence-electron chi connectivity index (χ2n) is 3.29. The highest BCUT2D eigenvalue weighted by molar-refractivity contribution is 6.09. The number of nitrogens with one attached hydrogen (secondary N) is 1. The van der Waals surface area contributed by atoms with Gasteiger partial charge in [0.25, 0.3) is 0 Å². The van der Waals surface area contributed by atoms with E-state index in [1.807, 2.05) is 0 Å². The molecule has 0 atom stereocenters. The van der Waals surface area contributed by atoms with E-state index in [9.17, 15) is 14.7 Å². The smallest absolute Gasteiger partial charge is 0.212 e. The first-order chi connectivity index (χ1) is 7.72. The molecule has 0 saturated carbocycles. The zero-order valence-electron chi connectivity index (χ0n) is 8.31. The molecular formula is C12H9NO3. The normalized spacial score (nSPS) is 10.0. The average molecular weight is 215 g/mol. The van der Waals surface area contributed by atoms with Crippen LogP contribution in [0.2, 0.25) is 0 Å². The van der Waals surface area contributed by atoms with Gasteiger partial charge in [0.15, 0.2) is 6.29 Å². The summed E-state index contributed by atoms with van der Waals surface area (Å²) in [7, 11) is 0. The Kier molecular flexibility index (Phi) is 2.55. The van der Waals surface area contributed by atoms with E-state index < -0.39 is 0 Å². The van der Waals surface area contributed by atoms with Gasteiger partial charge in [-0.05, 0) is 24.3 Å². The van der Waals surface area contributed by atoms with Crippen LogP contribution in [0.15, 0.2) is 36.4 Å². The van der Waals surface area contributed by atoms with E-state index in [0.717, 1.165) is 0 Å². The van der Waals surface area contributed by atoms with Crippen molar-refractivity contribution in [1.82, 2.24) is 4.98 Å². The molecule has 0 fully saturated rings. The molecule has 0 radical (unpaired) electrons. The third-order valence-electron chi connectivity index (χ3n) is 2.23. The molecule has 4 nitrogen and oxygen atoms in total. The number of para-hydroxylation sites is 1. The van der Waals surface area contributed by atoms with Gasteiger partial charge in [-0.15, -0.1) is 0 Å². The molecule has 4 heteroatoms. The molecule has 0 unspecified atom stereocenters. The van der Waals surface area contributed by atoms with Crippen LogP contribution < -0.4 is 0 Å². The summed E-state index contributed by atoms with van der Waals surface area (Å²) >= 11 is 0. The summed E-state index contributed by atoms with van der Waals surface area (Å²) in [6.45, 7) is 0. The topological polar surface area (TPSA) is 70.2 Å². The van der Waals surface area contributed by atoms with Gasteiger partial charge in [0.1, 0.15) is 5.75 Å². The second kappa shape index (κ2) is 4.02. The maximum atomic E-state index is 11.9. The first-order valence-corrected chi connectivity index (χ1v) is 4.69. The fraction of sp³-hybridized carbons (Fsp3) is 0. The first-order valence-electron chi connectivity index (χ1n) is 4.69. The molecule has 2 rings (SSSR count). The van der Waals surface area contributed by atoms with Crippen LogP contribution in [0.25, 0.3) is 0 Å². The van der Waals surface area contributed by atoms with E-state index in [0.29, 0.717) is 12.0 Å². The molecular weight excluding hydrogens is 206 g/mol. The summed E-state index contributed by atoms with van der Waals surface area (Å²) in [5.41, 5.74) is 0.823. The Bertz CT molecular complexity index is 543. The SMILES string of the molecule is O=Cc1ccc(C(=O)c2ccccc2O)[nH]1. The van der Waals surface area contributed by atoms with Crippen molar-refractivity contribution in [2.24, 2.45) is 0 Å². The summed E-state index contributed by atoms with van der Waals surface area (Å²) < 4.78 is 0. The van der Waals surface area contributed by atoms with Gasteiger partial charge in [0.05, 0.1) is 17.0 Å². The fourth-order valence-electron chi connectivity index (χ4n) is 1.42. The van der Waals surface area contributed by atoms with Gasteiger partial charge in [0, 0.05) is 0 Å². The minimum atomic E-state index is -0.341. The maximum absolute atomic E-state index is 11.9. The first kappa shape index (κ1) is 10.2. The zero-order valence-corrected chi connectivity index (χ0v) is 8.31. The Morgan fingerprint density at radius 3 is 2.56 bits per heavy atom. The number of H-pyrrole nitrogens is 1. The molecule has 1 aromatic carbocycles. The van der Waals surface area contributed by atoms with Crippen molar-refractivity contribution in [3.05, 3.63) is 53.3 Å². The molecule has 2 N–H and O–H groups in total. The van der Waals surface area contributed by atoms with Crippen molar-refractivity contribution in [3.8, 4) is 5.75 Å². The van der Waals surface area contributed by atoms with Crippen LogP contribution in [0.3, 0.4) is 0 Å². The molecule has 0 aliphatic rings. The lowest BCUT2D eigenvalue weighted by atomic mass is 10.1. The number of aromatic amines is 1. The number of hydrogen-bond donors (Lipinski definition) is 2. The number of ketones is 1. The van der Waals surface area contributed by atoms with E-state index in [1.54, 1.807) is 12.1 Å². The van der Waals surface area contributed by atoms with Crippen LogP contribution in [0, 0.1) is 0 Å². The highest BCUT2D eigenvalue weighted by Crippen LogP contribution is 2.19. The fourth-order valence-corrected chi connectivity index (χ4v) is 1.42. The molecule has 1 aromatic heterocycles. The van der Waals surface area contributed by atoms with Crippen LogP contribution in [0.1, 0.15) is 26.5 Å². The van der Waals surface area contributed by atoms with Gasteiger partial charge in [-0.2, -0.15) is 0 Å². The lowest BCUT2D eigenvalue weighted by molar-refractivity contribution is 0.103. The zero-order chi connectivity index (χ0) is 11.5. The van der Waals surface area contributed by atoms with E-state index in [2.05, 4.69) is 4.98 Å². The lowest BCUT2D eigenvalue weighted by Gasteiger charge is -2.00. The van der Waals surface area contributed by atoms with Crippen molar-refractivity contribution in [1.29, 1.82) is 0 Å². The van der Waals surface area contributed by atoms with Crippen molar-refractivity contribution in [2.75, 3.05) is 0 Å². The third-order valence-corrected chi connectivity index (χ3v) is 2.23. The van der Waals surface area contributed by atoms with Gasteiger partial charge in [0.2, 0.25) is 5.78 Å². The molecule has 0 aliphatic heterocycles. The van der Waals surface area contributed by atoms with E-state index in [-0.39, 0.29) is 22.8 Å². The Morgan fingerprint density at radius 2 is 1.94 bits per heavy atom. The quantitative estimate of drug-likeness (QED) is 0.605. The summed E-state index contributed by atoms with van der Waals surface area (Å²) in [5.74, 6) is -0.416. The Hall–Kier alpha value is -2.36. The minimum Gasteiger partial charge on any atom is -0.507 e. The summed E-state index contributed by atoms with van der Waals surface area (Å²) in [6.07, 6.45) is 0.627. The largest absolute Gasteiger partial charge is 0.507 e. The van der Waals surface area contributed by atoms with Crippen LogP contribution in [0.5, 0.6) is 5.75 Å². The van der Waals surface area contributed by atoms with E-state index >= 15 is 0 Å². The molecule has 0 bridgehead atoms. The van der Waals surface area contributed by atoms with Crippen molar-refractivity contribution in [2.45, 2.75) is 0 Å². The molecule has 0 spiro atoms. The lowest BCUT2D eigenvalue weighted by Crippen LogP contribution is -2.02. The van der Waals surface area contributed by atoms with Gasteiger partial charge in [-0.3, -0.25) is 9.59 Å². The molecule has 1 heterocycles. The van der Waals surface area contributed by atoms with Crippen LogP contribution in [-0.2, 0) is 0 Å². The van der Waals surface area contributed by atoms with Crippen molar-refractivity contribution >= 4 is 12.1 Å². The highest BCUT2D eigenvalue weighted by Gasteiger charge is 2.14. The molecule has 0 amide bonds. The predicted molar refractivity (Wildman–Crippen MR) is 57.7 cm³/mol. The van der Waals surface area contributed by atoms with E-state index in [4.69, 9.17) is 0 Å². The number of hydrogen-bond acceptors (Lipinski definition) is 3. The number of phenolic OH excluding ortho intramolecular Hbond substituents is 1. The summed E-state index contributed by atoms with van der Waals surface area (Å²) in [5, 5.41) is 9.50. The van der Waals surface area contributed by atoms with Gasteiger partial charge >= 0.3 is 0 Å². The standard InChI is InChI=1S/C12H9NO3/c14-7-8-5-6-10(13-8)12(16)9-3-1-2-4-11(9)15/h1-7,13,15H. The number of benzene rings is 1. The minimum absolute atomic E-state index is 0.0743. The van der Waals surface area contributed by atoms with Gasteiger partial charge in [-0.1, -0.05) is 12.1 Å². The molecule has 0 aliphatic carbocycles. The summed E-state index contributed by atoms with van der Waals surface area (Å²) in [4.78, 5) is 25.0. The summed E-state index contributed by atoms with van der Waals surface area (Å²) in [6, 6.07) is 9.29. The molecule has 2 aromatic rings. The number of carbonyl (C=O) groups is 2. The Morgan fingerprint density at radius 1 is 1.19 bits per heavy atom. The average Bonchev–Trinajstić information content (AvgIpc) is 2.77. The molecule has 16 heavy (non-hydrogen) atoms. The number of phenols is 1. The highest BCUT2D eigenvalue weighted by atomic mass is 16.3. The second-order valence-corrected chi connectivity index (χ2v) is 3.29. The van der Waals surface area contributed by atoms with E-state index in [1.165, 1.54) is 24.3 Å². The maximum Gasteiger partial charge on any atom is 0.212 e. The number of rotatable bonds is 3. The monoisotopic (exact) mass is 215 g/mol. The predicted octanol–water partition coefficient (Wildman–Crippen LogP) is 1.76. The van der Waals surface area contributed by atoms with Crippen LogP contribution in [0.4, 0.5) is 0 Å². The number of aromatic nitrogens is 1. The number of aromatic hydroxyl groups is 1. The van der Waals surface area contributed by atoms with Crippen LogP contribution in [-0.4, -0.2) is 22.2 Å². The van der Waals surface area contributed by atoms with Crippen molar-refractivity contribution < 1.29 is 14.7 Å². The van der Waals surface area contributed by atoms with Crippen LogP contribution >= 0.6 is 0 Å². The Balaban J connectivity index is 2.39. The number of aldehydes is 1. The van der Waals surface area contributed by atoms with Gasteiger partial charge < -0.3 is 10.1 Å².